The minimum Gasteiger partial charge on any atom is -0.392 e. The van der Waals surface area contributed by atoms with E-state index in [1.54, 1.807) is 26.3 Å². The van der Waals surface area contributed by atoms with Crippen LogP contribution in [0.2, 0.25) is 0 Å². The van der Waals surface area contributed by atoms with Gasteiger partial charge >= 0.3 is 0 Å². The number of aromatic amines is 1. The highest BCUT2D eigenvalue weighted by atomic mass is 16.2. The third-order valence-electron chi connectivity index (χ3n) is 7.77. The molecule has 0 aliphatic carbocycles. The molecule has 0 bridgehead atoms. The molecular weight excluding hydrogens is 538 g/mol. The molecule has 0 atom stereocenters. The van der Waals surface area contributed by atoms with Crippen LogP contribution in [0.4, 0.5) is 5.69 Å². The minimum absolute atomic E-state index is 0.0682. The van der Waals surface area contributed by atoms with Crippen molar-refractivity contribution in [1.82, 2.24) is 15.2 Å². The number of carbonyl (C=O) groups is 2. The number of H-pyrrole nitrogens is 1. The van der Waals surface area contributed by atoms with Gasteiger partial charge in [0.15, 0.2) is 0 Å². The van der Waals surface area contributed by atoms with Crippen LogP contribution >= 0.6 is 0 Å². The van der Waals surface area contributed by atoms with Crippen molar-refractivity contribution in [2.45, 2.75) is 33.7 Å². The molecule has 0 spiro atoms. The van der Waals surface area contributed by atoms with Gasteiger partial charge in [0.25, 0.3) is 0 Å². The van der Waals surface area contributed by atoms with Crippen molar-refractivity contribution < 1.29 is 9.59 Å². The lowest BCUT2D eigenvalue weighted by molar-refractivity contribution is -0.128. The second kappa shape index (κ2) is 13.7. The van der Waals surface area contributed by atoms with E-state index in [-0.39, 0.29) is 11.7 Å². The van der Waals surface area contributed by atoms with E-state index in [0.717, 1.165) is 62.8 Å². The van der Waals surface area contributed by atoms with Crippen LogP contribution in [0.1, 0.15) is 54.2 Å². The summed E-state index contributed by atoms with van der Waals surface area (Å²) in [6, 6.07) is 11.9. The first-order valence-electron chi connectivity index (χ1n) is 14.2. The maximum Gasteiger partial charge on any atom is 0.219 e. The molecule has 4 rings (SSSR count). The average molecular weight is 578 g/mol. The first-order valence-corrected chi connectivity index (χ1v) is 14.2. The highest BCUT2D eigenvalue weighted by Crippen LogP contribution is 2.35. The van der Waals surface area contributed by atoms with Crippen molar-refractivity contribution >= 4 is 58.8 Å². The molecule has 222 valence electrons. The zero-order valence-electron chi connectivity index (χ0n) is 25.5. The first-order chi connectivity index (χ1) is 20.7. The molecule has 43 heavy (non-hydrogen) atoms. The summed E-state index contributed by atoms with van der Waals surface area (Å²) in [5.41, 5.74) is 8.89. The number of hydrogen-bond acceptors (Lipinski definition) is 6. The summed E-state index contributed by atoms with van der Waals surface area (Å²) in [5.74, 6) is 0.200. The molecule has 1 amide bonds. The Morgan fingerprint density at radius 1 is 1.21 bits per heavy atom. The number of fused-ring (bicyclic) bond motifs is 1. The van der Waals surface area contributed by atoms with Crippen LogP contribution in [0, 0.1) is 5.41 Å². The highest BCUT2D eigenvalue weighted by molar-refractivity contribution is 6.05. The Labute approximate surface area is 252 Å². The summed E-state index contributed by atoms with van der Waals surface area (Å²) in [7, 11) is 3.81. The van der Waals surface area contributed by atoms with E-state index in [1.165, 1.54) is 0 Å². The fourth-order valence-corrected chi connectivity index (χ4v) is 5.33. The third kappa shape index (κ3) is 6.89. The number of aliphatic imine (C=N–C) groups is 2. The van der Waals surface area contributed by atoms with Gasteiger partial charge in [0.2, 0.25) is 5.91 Å². The number of amidine groups is 1. The van der Waals surface area contributed by atoms with Crippen LogP contribution in [-0.2, 0) is 11.3 Å². The van der Waals surface area contributed by atoms with Gasteiger partial charge in [-0.25, -0.2) is 4.99 Å². The van der Waals surface area contributed by atoms with Gasteiger partial charge in [-0.1, -0.05) is 36.4 Å². The van der Waals surface area contributed by atoms with Crippen molar-refractivity contribution in [3.05, 3.63) is 88.3 Å². The largest absolute Gasteiger partial charge is 0.392 e. The van der Waals surface area contributed by atoms with Crippen LogP contribution in [0.3, 0.4) is 0 Å². The number of hydrogen-bond donors (Lipinski definition) is 3. The number of rotatable bonds is 10. The Morgan fingerprint density at radius 3 is 2.63 bits per heavy atom. The summed E-state index contributed by atoms with van der Waals surface area (Å²) < 4.78 is 0. The topological polar surface area (TPSA) is 117 Å². The Kier molecular flexibility index (Phi) is 9.87. The van der Waals surface area contributed by atoms with E-state index in [9.17, 15) is 9.59 Å². The lowest BCUT2D eigenvalue weighted by atomic mass is 9.91. The highest BCUT2D eigenvalue weighted by Gasteiger charge is 2.20. The first kappa shape index (κ1) is 30.9. The number of carbonyl (C=O) groups excluding carboxylic acids is 2. The molecule has 3 N–H and O–H groups in total. The van der Waals surface area contributed by atoms with E-state index in [1.807, 2.05) is 62.3 Å². The lowest BCUT2D eigenvalue weighted by Crippen LogP contribution is -2.32. The molecule has 0 saturated carbocycles. The van der Waals surface area contributed by atoms with Crippen LogP contribution in [-0.4, -0.2) is 68.0 Å². The van der Waals surface area contributed by atoms with Gasteiger partial charge in [-0.05, 0) is 55.3 Å². The predicted molar refractivity (Wildman–Crippen MR) is 178 cm³/mol. The van der Waals surface area contributed by atoms with Gasteiger partial charge in [0.1, 0.15) is 12.1 Å². The van der Waals surface area contributed by atoms with E-state index in [4.69, 9.17) is 5.41 Å². The lowest BCUT2D eigenvalue weighted by Gasteiger charge is -2.28. The molecule has 9 nitrogen and oxygen atoms in total. The van der Waals surface area contributed by atoms with Gasteiger partial charge in [-0.15, -0.1) is 0 Å². The number of nitrogens with one attached hydrogen (secondary N) is 3. The number of benzene rings is 2. The fraction of sp³-hybridized carbons (Fsp3) is 0.265. The molecule has 0 saturated heterocycles. The molecular formula is C34H39N7O2. The SMILES string of the molecule is C=N/C(=C(/C)C=NC(=N)/C=C(/C)NC)c1c[nH]c2c(N(C)Cc3c(C=O)cccc3C3=CCN(C(C)=O)CC3)cccc12. The van der Waals surface area contributed by atoms with Crippen molar-refractivity contribution in [2.75, 3.05) is 32.1 Å². The molecule has 0 radical (unpaired) electrons. The Morgan fingerprint density at radius 2 is 1.98 bits per heavy atom. The standard InChI is InChI=1S/C34H39N7O2/c1-22(18-38-32(35)17-23(2)36-4)33(37-5)29-19-39-34-28(29)11-8-12-31(34)40(6)20-30-26(21-42)9-7-10-27(30)25-13-15-41(16-14-25)24(3)43/h7-13,17-19,21,35-36,39H,5,14-16,20H2,1-4,6H3/b23-17-,33-22-,35-32?,38-18?. The number of allylic oxidation sites excluding steroid dienone is 2. The van der Waals surface area contributed by atoms with Crippen molar-refractivity contribution in [2.24, 2.45) is 9.98 Å². The molecule has 2 aromatic carbocycles. The number of para-hydroxylation sites is 1. The number of anilines is 1. The summed E-state index contributed by atoms with van der Waals surface area (Å²) in [5, 5.41) is 12.0. The van der Waals surface area contributed by atoms with E-state index in [2.05, 4.69) is 44.0 Å². The number of aldehydes is 1. The monoisotopic (exact) mass is 577 g/mol. The number of amides is 1. The molecule has 1 aliphatic heterocycles. The van der Waals surface area contributed by atoms with E-state index < -0.39 is 0 Å². The summed E-state index contributed by atoms with van der Waals surface area (Å²) >= 11 is 0. The second-order valence-electron chi connectivity index (χ2n) is 10.6. The summed E-state index contributed by atoms with van der Waals surface area (Å²) in [6.07, 6.45) is 8.95. The molecule has 9 heteroatoms. The minimum atomic E-state index is 0.0682. The molecule has 2 heterocycles. The number of nitrogens with zero attached hydrogens (tertiary/aromatic N) is 4. The number of aromatic nitrogens is 1. The van der Waals surface area contributed by atoms with Crippen molar-refractivity contribution in [1.29, 1.82) is 5.41 Å². The van der Waals surface area contributed by atoms with Crippen LogP contribution in [0.25, 0.3) is 22.2 Å². The molecule has 0 fully saturated rings. The predicted octanol–water partition coefficient (Wildman–Crippen LogP) is 5.86. The Balaban J connectivity index is 1.68. The molecule has 1 aromatic heterocycles. The average Bonchev–Trinajstić information content (AvgIpc) is 3.44. The fourth-order valence-electron chi connectivity index (χ4n) is 5.33. The maximum atomic E-state index is 12.1. The van der Waals surface area contributed by atoms with Gasteiger partial charge in [0, 0.05) is 81.4 Å². The zero-order chi connectivity index (χ0) is 31.1. The smallest absolute Gasteiger partial charge is 0.219 e. The quantitative estimate of drug-likeness (QED) is 0.159. The maximum absolute atomic E-state index is 12.1. The summed E-state index contributed by atoms with van der Waals surface area (Å²) in [6.45, 7) is 10.9. The normalized spacial score (nSPS) is 14.4. The summed E-state index contributed by atoms with van der Waals surface area (Å²) in [4.78, 5) is 39.9. The molecule has 1 aliphatic rings. The van der Waals surface area contributed by atoms with Crippen LogP contribution < -0.4 is 10.2 Å². The van der Waals surface area contributed by atoms with E-state index >= 15 is 0 Å². The zero-order valence-corrected chi connectivity index (χ0v) is 25.5. The Hall–Kier alpha value is -5.05. The molecule has 3 aromatic rings. The third-order valence-corrected chi connectivity index (χ3v) is 7.77. The van der Waals surface area contributed by atoms with E-state index in [0.29, 0.717) is 30.9 Å². The van der Waals surface area contributed by atoms with Gasteiger partial charge in [-0.3, -0.25) is 20.0 Å². The van der Waals surface area contributed by atoms with Gasteiger partial charge in [0.05, 0.1) is 16.9 Å². The van der Waals surface area contributed by atoms with Crippen LogP contribution in [0.15, 0.2) is 76.0 Å². The van der Waals surface area contributed by atoms with Crippen LogP contribution in [0.5, 0.6) is 0 Å². The molecule has 0 unspecified atom stereocenters. The van der Waals surface area contributed by atoms with Crippen molar-refractivity contribution in [3.63, 3.8) is 0 Å². The second-order valence-corrected chi connectivity index (χ2v) is 10.6. The van der Waals surface area contributed by atoms with Gasteiger partial charge < -0.3 is 20.1 Å². The van der Waals surface area contributed by atoms with Gasteiger partial charge in [-0.2, -0.15) is 0 Å². The van der Waals surface area contributed by atoms with Crippen molar-refractivity contribution in [3.8, 4) is 0 Å². The Bertz CT molecular complexity index is 1690.